The van der Waals surface area contributed by atoms with Crippen molar-refractivity contribution < 1.29 is 4.79 Å². The normalized spacial score (nSPS) is 15.7. The fraction of sp³-hybridized carbons (Fsp3) is 0.364. The molecule has 86 valence electrons. The molecule has 0 spiro atoms. The molecule has 0 bridgehead atoms. The predicted octanol–water partition coefficient (Wildman–Crippen LogP) is 2.46. The minimum atomic E-state index is -0.0341. The van der Waals surface area contributed by atoms with Crippen molar-refractivity contribution in [3.63, 3.8) is 0 Å². The Morgan fingerprint density at radius 1 is 1.44 bits per heavy atom. The summed E-state index contributed by atoms with van der Waals surface area (Å²) in [6, 6.07) is 3.56. The smallest absolute Gasteiger partial charge is 0.230 e. The highest BCUT2D eigenvalue weighted by atomic mass is 35.5. The van der Waals surface area contributed by atoms with Gasteiger partial charge in [0.2, 0.25) is 5.91 Å². The zero-order chi connectivity index (χ0) is 11.7. The van der Waals surface area contributed by atoms with Crippen molar-refractivity contribution in [3.8, 4) is 0 Å². The van der Waals surface area contributed by atoms with Gasteiger partial charge in [0.25, 0.3) is 0 Å². The van der Waals surface area contributed by atoms with Gasteiger partial charge in [-0.1, -0.05) is 29.3 Å². The van der Waals surface area contributed by atoms with Crippen molar-refractivity contribution in [2.24, 2.45) is 5.92 Å². The summed E-state index contributed by atoms with van der Waals surface area (Å²) in [4.78, 5) is 11.7. The molecule has 1 fully saturated rings. The molecule has 0 unspecified atom stereocenters. The number of hydrogen-bond donors (Lipinski definition) is 2. The van der Waals surface area contributed by atoms with E-state index in [1.54, 1.807) is 6.07 Å². The van der Waals surface area contributed by atoms with Gasteiger partial charge < -0.3 is 10.6 Å². The van der Waals surface area contributed by atoms with E-state index in [2.05, 4.69) is 10.6 Å². The van der Waals surface area contributed by atoms with Gasteiger partial charge in [0.05, 0.1) is 21.7 Å². The molecule has 0 aromatic heterocycles. The molecule has 1 saturated heterocycles. The van der Waals surface area contributed by atoms with E-state index in [9.17, 15) is 4.79 Å². The van der Waals surface area contributed by atoms with E-state index in [0.717, 1.165) is 5.56 Å². The number of nitrogens with one attached hydrogen (secondary N) is 2. The van der Waals surface area contributed by atoms with Crippen LogP contribution in [0.15, 0.2) is 12.1 Å². The highest BCUT2D eigenvalue weighted by Gasteiger charge is 2.25. The van der Waals surface area contributed by atoms with Gasteiger partial charge in [0.15, 0.2) is 0 Å². The topological polar surface area (TPSA) is 41.1 Å². The molecule has 1 aromatic carbocycles. The summed E-state index contributed by atoms with van der Waals surface area (Å²) >= 11 is 12.1. The van der Waals surface area contributed by atoms with Gasteiger partial charge in [-0.2, -0.15) is 0 Å². The van der Waals surface area contributed by atoms with Crippen molar-refractivity contribution in [1.82, 2.24) is 5.32 Å². The van der Waals surface area contributed by atoms with Crippen LogP contribution in [0.5, 0.6) is 0 Å². The highest BCUT2D eigenvalue weighted by molar-refractivity contribution is 6.40. The number of anilines is 1. The first-order valence-electron chi connectivity index (χ1n) is 5.06. The first-order chi connectivity index (χ1) is 7.59. The Morgan fingerprint density at radius 3 is 2.69 bits per heavy atom. The second-order valence-corrected chi connectivity index (χ2v) is 4.68. The van der Waals surface area contributed by atoms with Crippen LogP contribution in [0.4, 0.5) is 5.69 Å². The van der Waals surface area contributed by atoms with E-state index in [1.807, 2.05) is 13.0 Å². The van der Waals surface area contributed by atoms with Crippen LogP contribution in [0.2, 0.25) is 10.0 Å². The van der Waals surface area contributed by atoms with E-state index >= 15 is 0 Å². The number of carbonyl (C=O) groups excluding carboxylic acids is 1. The lowest BCUT2D eigenvalue weighted by Gasteiger charge is -2.26. The van der Waals surface area contributed by atoms with Crippen LogP contribution in [0.3, 0.4) is 0 Å². The SMILES string of the molecule is Cc1ccc(Cl)c(NC(=O)C2CNC2)c1Cl. The van der Waals surface area contributed by atoms with Crippen molar-refractivity contribution >= 4 is 34.8 Å². The molecule has 1 amide bonds. The fourth-order valence-electron chi connectivity index (χ4n) is 1.47. The summed E-state index contributed by atoms with van der Waals surface area (Å²) in [6.07, 6.45) is 0. The summed E-state index contributed by atoms with van der Waals surface area (Å²) in [5, 5.41) is 6.80. The quantitative estimate of drug-likeness (QED) is 0.856. The summed E-state index contributed by atoms with van der Waals surface area (Å²) in [7, 11) is 0. The fourth-order valence-corrected chi connectivity index (χ4v) is 1.94. The molecule has 0 aliphatic carbocycles. The van der Waals surface area contributed by atoms with Crippen LogP contribution in [0.25, 0.3) is 0 Å². The van der Waals surface area contributed by atoms with Gasteiger partial charge in [-0.25, -0.2) is 0 Å². The molecule has 3 nitrogen and oxygen atoms in total. The Hall–Kier alpha value is -0.770. The average molecular weight is 259 g/mol. The van der Waals surface area contributed by atoms with Crippen molar-refractivity contribution in [3.05, 3.63) is 27.7 Å². The van der Waals surface area contributed by atoms with Crippen LogP contribution in [0, 0.1) is 12.8 Å². The molecule has 2 N–H and O–H groups in total. The lowest BCUT2D eigenvalue weighted by Crippen LogP contribution is -2.48. The zero-order valence-corrected chi connectivity index (χ0v) is 10.3. The molecule has 0 saturated carbocycles. The van der Waals surface area contributed by atoms with E-state index < -0.39 is 0 Å². The molecule has 5 heteroatoms. The molecular formula is C11H12Cl2N2O. The molecule has 2 rings (SSSR count). The van der Waals surface area contributed by atoms with E-state index in [4.69, 9.17) is 23.2 Å². The van der Waals surface area contributed by atoms with E-state index in [-0.39, 0.29) is 11.8 Å². The molecule has 1 heterocycles. The summed E-state index contributed by atoms with van der Waals surface area (Å²) in [5.41, 5.74) is 1.41. The lowest BCUT2D eigenvalue weighted by atomic mass is 10.0. The van der Waals surface area contributed by atoms with Crippen molar-refractivity contribution in [2.75, 3.05) is 18.4 Å². The second kappa shape index (κ2) is 4.62. The summed E-state index contributed by atoms with van der Waals surface area (Å²) in [5.74, 6) is -0.0132. The molecule has 16 heavy (non-hydrogen) atoms. The first kappa shape index (κ1) is 11.7. The Bertz CT molecular complexity index is 430. The number of aryl methyl sites for hydroxylation is 1. The van der Waals surface area contributed by atoms with Gasteiger partial charge in [0.1, 0.15) is 0 Å². The Morgan fingerprint density at radius 2 is 2.12 bits per heavy atom. The van der Waals surface area contributed by atoms with Crippen LogP contribution in [-0.4, -0.2) is 19.0 Å². The van der Waals surface area contributed by atoms with Gasteiger partial charge in [-0.05, 0) is 18.6 Å². The monoisotopic (exact) mass is 258 g/mol. The van der Waals surface area contributed by atoms with Crippen LogP contribution in [0.1, 0.15) is 5.56 Å². The Kier molecular flexibility index (Phi) is 3.38. The third-order valence-electron chi connectivity index (χ3n) is 2.68. The van der Waals surface area contributed by atoms with Gasteiger partial charge >= 0.3 is 0 Å². The van der Waals surface area contributed by atoms with E-state index in [0.29, 0.717) is 28.8 Å². The summed E-state index contributed by atoms with van der Waals surface area (Å²) < 4.78 is 0. The maximum atomic E-state index is 11.7. The molecule has 0 radical (unpaired) electrons. The molecular weight excluding hydrogens is 247 g/mol. The number of halogens is 2. The number of benzene rings is 1. The first-order valence-corrected chi connectivity index (χ1v) is 5.81. The third kappa shape index (κ3) is 2.17. The molecule has 0 atom stereocenters. The van der Waals surface area contributed by atoms with Crippen LogP contribution < -0.4 is 10.6 Å². The number of rotatable bonds is 2. The minimum Gasteiger partial charge on any atom is -0.323 e. The molecule has 1 aliphatic heterocycles. The third-order valence-corrected chi connectivity index (χ3v) is 3.49. The maximum Gasteiger partial charge on any atom is 0.230 e. The van der Waals surface area contributed by atoms with Crippen LogP contribution in [-0.2, 0) is 4.79 Å². The van der Waals surface area contributed by atoms with Gasteiger partial charge in [-0.3, -0.25) is 4.79 Å². The van der Waals surface area contributed by atoms with Gasteiger partial charge in [-0.15, -0.1) is 0 Å². The lowest BCUT2D eigenvalue weighted by molar-refractivity contribution is -0.121. The Balaban J connectivity index is 2.19. The minimum absolute atomic E-state index is 0.0210. The largest absolute Gasteiger partial charge is 0.323 e. The number of amides is 1. The average Bonchev–Trinajstić information content (AvgIpc) is 2.16. The van der Waals surface area contributed by atoms with Gasteiger partial charge in [0, 0.05) is 13.1 Å². The summed E-state index contributed by atoms with van der Waals surface area (Å²) in [6.45, 7) is 3.30. The maximum absolute atomic E-state index is 11.7. The highest BCUT2D eigenvalue weighted by Crippen LogP contribution is 2.33. The second-order valence-electron chi connectivity index (χ2n) is 3.90. The standard InChI is InChI=1S/C11H12Cl2N2O/c1-6-2-3-8(12)10(9(6)13)15-11(16)7-4-14-5-7/h2-3,7,14H,4-5H2,1H3,(H,15,16). The number of hydrogen-bond acceptors (Lipinski definition) is 2. The van der Waals surface area contributed by atoms with Crippen LogP contribution >= 0.6 is 23.2 Å². The van der Waals surface area contributed by atoms with E-state index in [1.165, 1.54) is 0 Å². The molecule has 1 aliphatic rings. The van der Waals surface area contributed by atoms with Crippen molar-refractivity contribution in [1.29, 1.82) is 0 Å². The van der Waals surface area contributed by atoms with Crippen molar-refractivity contribution in [2.45, 2.75) is 6.92 Å². The zero-order valence-electron chi connectivity index (χ0n) is 8.81. The Labute approximate surface area is 104 Å². The predicted molar refractivity (Wildman–Crippen MR) is 66.2 cm³/mol. The number of carbonyl (C=O) groups is 1. The molecule has 1 aromatic rings.